The number of rotatable bonds is 2. The maximum absolute atomic E-state index is 14.0. The van der Waals surface area contributed by atoms with E-state index >= 15 is 0 Å². The van der Waals surface area contributed by atoms with Gasteiger partial charge in [0.2, 0.25) is 0 Å². The van der Waals surface area contributed by atoms with Gasteiger partial charge < -0.3 is 4.90 Å². The molecule has 0 N–H and O–H groups in total. The van der Waals surface area contributed by atoms with Crippen molar-refractivity contribution in [3.63, 3.8) is 0 Å². The van der Waals surface area contributed by atoms with Gasteiger partial charge in [0, 0.05) is 24.0 Å². The number of amides is 1. The van der Waals surface area contributed by atoms with E-state index in [4.69, 9.17) is 16.6 Å². The Morgan fingerprint density at radius 2 is 2.12 bits per heavy atom. The fourth-order valence-electron chi connectivity index (χ4n) is 3.26. The van der Waals surface area contributed by atoms with Crippen LogP contribution in [0.1, 0.15) is 34.1 Å². The van der Waals surface area contributed by atoms with Crippen LogP contribution in [0, 0.1) is 5.82 Å². The number of piperidine rings is 1. The second kappa shape index (κ2) is 6.73. The molecular weight excluding hydrogens is 359 g/mol. The molecule has 0 spiro atoms. The van der Waals surface area contributed by atoms with Crippen molar-refractivity contribution >= 4 is 39.1 Å². The number of carbonyl (C=O) groups is 1. The van der Waals surface area contributed by atoms with Gasteiger partial charge in [-0.25, -0.2) is 9.37 Å². The predicted octanol–water partition coefficient (Wildman–Crippen LogP) is 5.11. The largest absolute Gasteiger partial charge is 0.338 e. The number of para-hydroxylation sites is 1. The van der Waals surface area contributed by atoms with Gasteiger partial charge in [0.05, 0.1) is 20.8 Å². The molecule has 4 rings (SSSR count). The zero-order valence-electron chi connectivity index (χ0n) is 13.4. The number of hydrogen-bond donors (Lipinski definition) is 0. The van der Waals surface area contributed by atoms with Crippen molar-refractivity contribution < 1.29 is 9.18 Å². The number of halogens is 2. The molecule has 0 saturated carbocycles. The molecule has 1 aliphatic rings. The second-order valence-electron chi connectivity index (χ2n) is 6.23. The highest BCUT2D eigenvalue weighted by Crippen LogP contribution is 2.33. The molecule has 1 saturated heterocycles. The van der Waals surface area contributed by atoms with Crippen LogP contribution >= 0.6 is 22.9 Å². The molecule has 1 fully saturated rings. The van der Waals surface area contributed by atoms with E-state index in [2.05, 4.69) is 6.07 Å². The number of carbonyl (C=O) groups excluding carboxylic acids is 1. The van der Waals surface area contributed by atoms with Gasteiger partial charge >= 0.3 is 0 Å². The highest BCUT2D eigenvalue weighted by atomic mass is 35.5. The summed E-state index contributed by atoms with van der Waals surface area (Å²) < 4.78 is 15.2. The van der Waals surface area contributed by atoms with E-state index in [1.54, 1.807) is 16.2 Å². The van der Waals surface area contributed by atoms with Crippen LogP contribution in [0.3, 0.4) is 0 Å². The van der Waals surface area contributed by atoms with Gasteiger partial charge in [0.15, 0.2) is 0 Å². The van der Waals surface area contributed by atoms with Gasteiger partial charge in [-0.15, -0.1) is 11.3 Å². The molecule has 128 valence electrons. The summed E-state index contributed by atoms with van der Waals surface area (Å²) in [4.78, 5) is 19.2. The topological polar surface area (TPSA) is 33.2 Å². The van der Waals surface area contributed by atoms with E-state index in [-0.39, 0.29) is 17.4 Å². The Balaban J connectivity index is 1.58. The lowest BCUT2D eigenvalue weighted by Gasteiger charge is -2.32. The molecule has 1 aliphatic heterocycles. The van der Waals surface area contributed by atoms with Gasteiger partial charge in [-0.1, -0.05) is 23.7 Å². The summed E-state index contributed by atoms with van der Waals surface area (Å²) in [5.74, 6) is -0.639. The first kappa shape index (κ1) is 16.5. The highest BCUT2D eigenvalue weighted by Gasteiger charge is 2.28. The van der Waals surface area contributed by atoms with E-state index in [9.17, 15) is 9.18 Å². The van der Waals surface area contributed by atoms with Crippen LogP contribution in [-0.2, 0) is 0 Å². The van der Waals surface area contributed by atoms with Crippen molar-refractivity contribution in [2.75, 3.05) is 13.1 Å². The number of nitrogens with zero attached hydrogens (tertiary/aromatic N) is 2. The molecule has 1 amide bonds. The number of fused-ring (bicyclic) bond motifs is 1. The van der Waals surface area contributed by atoms with Crippen LogP contribution in [0.25, 0.3) is 10.2 Å². The van der Waals surface area contributed by atoms with Crippen LogP contribution in [-0.4, -0.2) is 28.9 Å². The van der Waals surface area contributed by atoms with Crippen molar-refractivity contribution in [2.24, 2.45) is 0 Å². The highest BCUT2D eigenvalue weighted by molar-refractivity contribution is 7.18. The molecule has 6 heteroatoms. The maximum Gasteiger partial charge on any atom is 0.256 e. The monoisotopic (exact) mass is 374 g/mol. The van der Waals surface area contributed by atoms with Crippen molar-refractivity contribution in [3.05, 3.63) is 63.9 Å². The summed E-state index contributed by atoms with van der Waals surface area (Å²) in [5, 5.41) is 1.41. The third-order valence-corrected chi connectivity index (χ3v) is 5.96. The summed E-state index contributed by atoms with van der Waals surface area (Å²) in [5.41, 5.74) is 1.03. The molecule has 1 atom stereocenters. The molecule has 3 nitrogen and oxygen atoms in total. The summed E-state index contributed by atoms with van der Waals surface area (Å²) >= 11 is 7.60. The summed E-state index contributed by atoms with van der Waals surface area (Å²) in [6.45, 7) is 1.19. The van der Waals surface area contributed by atoms with Crippen LogP contribution in [0.2, 0.25) is 5.02 Å². The number of aromatic nitrogens is 1. The van der Waals surface area contributed by atoms with Crippen molar-refractivity contribution in [1.29, 1.82) is 0 Å². The maximum atomic E-state index is 14.0. The molecule has 0 radical (unpaired) electrons. The Bertz CT molecular complexity index is 909. The van der Waals surface area contributed by atoms with Crippen LogP contribution < -0.4 is 0 Å². The number of hydrogen-bond acceptors (Lipinski definition) is 3. The Hall–Kier alpha value is -1.98. The number of benzene rings is 2. The quantitative estimate of drug-likeness (QED) is 0.624. The SMILES string of the molecule is O=C(c1cc(Cl)ccc1F)N1CCC[C@@H](c2nc3ccccc3s2)C1. The third-order valence-electron chi connectivity index (χ3n) is 4.53. The van der Waals surface area contributed by atoms with E-state index in [1.807, 2.05) is 18.2 Å². The van der Waals surface area contributed by atoms with E-state index < -0.39 is 5.82 Å². The summed E-state index contributed by atoms with van der Waals surface area (Å²) in [6, 6.07) is 12.1. The van der Waals surface area contributed by atoms with Gasteiger partial charge in [-0.2, -0.15) is 0 Å². The molecule has 1 aromatic heterocycles. The number of thiazole rings is 1. The van der Waals surface area contributed by atoms with Gasteiger partial charge in [0.25, 0.3) is 5.91 Å². The molecule has 0 aliphatic carbocycles. The van der Waals surface area contributed by atoms with E-state index in [1.165, 1.54) is 18.2 Å². The van der Waals surface area contributed by atoms with Gasteiger partial charge in [-0.3, -0.25) is 4.79 Å². The molecule has 2 heterocycles. The Morgan fingerprint density at radius 1 is 1.28 bits per heavy atom. The average molecular weight is 375 g/mol. The standard InChI is InChI=1S/C19H16ClFN2OS/c20-13-7-8-15(21)14(10-13)19(24)23-9-3-4-12(11-23)18-22-16-5-1-2-6-17(16)25-18/h1-2,5-8,10,12H,3-4,9,11H2/t12-/m1/s1. The second-order valence-corrected chi connectivity index (χ2v) is 7.73. The van der Waals surface area contributed by atoms with E-state index in [0.717, 1.165) is 28.1 Å². The van der Waals surface area contributed by atoms with Crippen molar-refractivity contribution in [3.8, 4) is 0 Å². The van der Waals surface area contributed by atoms with Crippen LogP contribution in [0.5, 0.6) is 0 Å². The Kier molecular flexibility index (Phi) is 4.44. The average Bonchev–Trinajstić information content (AvgIpc) is 3.07. The fourth-order valence-corrected chi connectivity index (χ4v) is 4.52. The summed E-state index contributed by atoms with van der Waals surface area (Å²) in [7, 11) is 0. The minimum Gasteiger partial charge on any atom is -0.338 e. The first-order valence-electron chi connectivity index (χ1n) is 8.21. The lowest BCUT2D eigenvalue weighted by molar-refractivity contribution is 0.0702. The first-order chi connectivity index (χ1) is 12.1. The molecule has 0 bridgehead atoms. The van der Waals surface area contributed by atoms with Gasteiger partial charge in [0.1, 0.15) is 5.82 Å². The number of likely N-dealkylation sites (tertiary alicyclic amines) is 1. The molecular formula is C19H16ClFN2OS. The molecule has 25 heavy (non-hydrogen) atoms. The minimum absolute atomic E-state index is 0.0393. The molecule has 3 aromatic rings. The van der Waals surface area contributed by atoms with Crippen LogP contribution in [0.4, 0.5) is 4.39 Å². The lowest BCUT2D eigenvalue weighted by Crippen LogP contribution is -2.39. The Morgan fingerprint density at radius 3 is 2.96 bits per heavy atom. The zero-order chi connectivity index (χ0) is 17.4. The normalized spacial score (nSPS) is 17.8. The smallest absolute Gasteiger partial charge is 0.256 e. The van der Waals surface area contributed by atoms with Crippen molar-refractivity contribution in [1.82, 2.24) is 9.88 Å². The minimum atomic E-state index is -0.531. The molecule has 2 aromatic carbocycles. The lowest BCUT2D eigenvalue weighted by atomic mass is 9.98. The third kappa shape index (κ3) is 3.26. The van der Waals surface area contributed by atoms with Crippen LogP contribution in [0.15, 0.2) is 42.5 Å². The first-order valence-corrected chi connectivity index (χ1v) is 9.41. The van der Waals surface area contributed by atoms with Gasteiger partial charge in [-0.05, 0) is 43.2 Å². The van der Waals surface area contributed by atoms with Crippen molar-refractivity contribution in [2.45, 2.75) is 18.8 Å². The molecule has 0 unspecified atom stereocenters. The zero-order valence-corrected chi connectivity index (χ0v) is 15.0. The Labute approximate surface area is 154 Å². The summed E-state index contributed by atoms with van der Waals surface area (Å²) in [6.07, 6.45) is 1.87. The predicted molar refractivity (Wildman–Crippen MR) is 98.9 cm³/mol. The fraction of sp³-hybridized carbons (Fsp3) is 0.263. The van der Waals surface area contributed by atoms with E-state index in [0.29, 0.717) is 18.1 Å².